The fourth-order valence-corrected chi connectivity index (χ4v) is 2.21. The van der Waals surface area contributed by atoms with E-state index < -0.39 is 0 Å². The van der Waals surface area contributed by atoms with Gasteiger partial charge in [-0.1, -0.05) is 37.8 Å². The molecule has 1 amide bonds. The topological polar surface area (TPSA) is 92.4 Å². The lowest BCUT2D eigenvalue weighted by atomic mass is 10.2. The number of nitrogens with zero attached hydrogens (tertiary/aromatic N) is 2. The minimum atomic E-state index is -0.112. The molecule has 1 rings (SSSR count). The van der Waals surface area contributed by atoms with Crippen LogP contribution >= 0.6 is 0 Å². The van der Waals surface area contributed by atoms with E-state index in [1.165, 1.54) is 0 Å². The molecule has 7 heteroatoms. The summed E-state index contributed by atoms with van der Waals surface area (Å²) in [4.78, 5) is 24.8. The fourth-order valence-electron chi connectivity index (χ4n) is 2.21. The third-order valence-corrected chi connectivity index (χ3v) is 4.24. The van der Waals surface area contributed by atoms with Crippen LogP contribution in [0.15, 0.2) is 48.7 Å². The number of nitrogens with one attached hydrogen (secondary N) is 2. The number of anilines is 1. The van der Waals surface area contributed by atoms with Crippen LogP contribution < -0.4 is 16.4 Å². The van der Waals surface area contributed by atoms with Gasteiger partial charge in [0, 0.05) is 38.7 Å². The van der Waals surface area contributed by atoms with Crippen molar-refractivity contribution < 1.29 is 9.59 Å². The molecular weight excluding hydrogens is 366 g/mol. The van der Waals surface area contributed by atoms with Crippen molar-refractivity contribution in [2.75, 3.05) is 39.0 Å². The first-order valence-electron chi connectivity index (χ1n) is 9.85. The van der Waals surface area contributed by atoms with Gasteiger partial charge in [-0.3, -0.25) is 9.59 Å². The molecule has 0 spiro atoms. The second kappa shape index (κ2) is 16.3. The Balaban J connectivity index is 0.000000828. The molecule has 0 atom stereocenters. The highest BCUT2D eigenvalue weighted by atomic mass is 16.1. The molecular formula is C22H37N5O2. The third kappa shape index (κ3) is 12.4. The van der Waals surface area contributed by atoms with Gasteiger partial charge in [0.25, 0.3) is 0 Å². The first-order chi connectivity index (χ1) is 13.9. The van der Waals surface area contributed by atoms with Crippen LogP contribution in [0.4, 0.5) is 5.82 Å². The molecule has 4 N–H and O–H groups in total. The van der Waals surface area contributed by atoms with Gasteiger partial charge in [0.05, 0.1) is 5.69 Å². The molecule has 1 aromatic heterocycles. The molecule has 162 valence electrons. The Morgan fingerprint density at radius 2 is 2.10 bits per heavy atom. The first-order valence-corrected chi connectivity index (χ1v) is 9.85. The number of rotatable bonds is 12. The summed E-state index contributed by atoms with van der Waals surface area (Å²) in [5.41, 5.74) is 7.04. The maximum Gasteiger partial charge on any atom is 0.225 e. The van der Waals surface area contributed by atoms with E-state index >= 15 is 0 Å². The highest BCUT2D eigenvalue weighted by Crippen LogP contribution is 2.11. The Kier molecular flexibility index (Phi) is 14.8. The Bertz CT molecular complexity index is 677. The molecule has 7 nitrogen and oxygen atoms in total. The molecule has 0 aliphatic rings. The quantitative estimate of drug-likeness (QED) is 0.369. The Morgan fingerprint density at radius 1 is 1.38 bits per heavy atom. The van der Waals surface area contributed by atoms with E-state index in [2.05, 4.69) is 36.1 Å². The number of hydrogen-bond acceptors (Lipinski definition) is 5. The summed E-state index contributed by atoms with van der Waals surface area (Å²) in [7, 11) is 5.82. The zero-order valence-corrected chi connectivity index (χ0v) is 18.3. The number of likely N-dealkylation sites (N-methyl/N-ethyl adjacent to an activating group) is 2. The second-order valence-electron chi connectivity index (χ2n) is 6.55. The van der Waals surface area contributed by atoms with Crippen molar-refractivity contribution in [1.82, 2.24) is 14.8 Å². The average molecular weight is 404 g/mol. The molecule has 1 heterocycles. The number of carbonyl (C=O) groups excluding carboxylic acids is 2. The predicted molar refractivity (Wildman–Crippen MR) is 122 cm³/mol. The van der Waals surface area contributed by atoms with Crippen molar-refractivity contribution >= 4 is 18.0 Å². The van der Waals surface area contributed by atoms with E-state index in [9.17, 15) is 9.59 Å². The lowest BCUT2D eigenvalue weighted by Gasteiger charge is -2.11. The maximum absolute atomic E-state index is 11.8. The fraction of sp³-hybridized carbons (Fsp3) is 0.455. The summed E-state index contributed by atoms with van der Waals surface area (Å²) in [6.45, 7) is 9.11. The van der Waals surface area contributed by atoms with E-state index in [1.54, 1.807) is 29.8 Å². The number of aromatic nitrogens is 1. The third-order valence-electron chi connectivity index (χ3n) is 4.24. The smallest absolute Gasteiger partial charge is 0.225 e. The van der Waals surface area contributed by atoms with Crippen LogP contribution in [-0.4, -0.2) is 55.4 Å². The molecule has 0 unspecified atom stereocenters. The monoisotopic (exact) mass is 403 g/mol. The van der Waals surface area contributed by atoms with Crippen LogP contribution in [0.1, 0.15) is 36.7 Å². The van der Waals surface area contributed by atoms with E-state index in [1.807, 2.05) is 25.3 Å². The number of aldehydes is 1. The lowest BCUT2D eigenvalue weighted by molar-refractivity contribution is -0.116. The van der Waals surface area contributed by atoms with Gasteiger partial charge >= 0.3 is 0 Å². The minimum absolute atomic E-state index is 0.112. The summed E-state index contributed by atoms with van der Waals surface area (Å²) >= 11 is 0. The van der Waals surface area contributed by atoms with Crippen molar-refractivity contribution in [3.63, 3.8) is 0 Å². The van der Waals surface area contributed by atoms with Crippen LogP contribution in [0.3, 0.4) is 0 Å². The zero-order valence-electron chi connectivity index (χ0n) is 18.3. The van der Waals surface area contributed by atoms with Crippen LogP contribution in [0.2, 0.25) is 0 Å². The normalized spacial score (nSPS) is 11.3. The average Bonchev–Trinajstić information content (AvgIpc) is 3.06. The van der Waals surface area contributed by atoms with Gasteiger partial charge in [-0.05, 0) is 39.2 Å². The van der Waals surface area contributed by atoms with Gasteiger partial charge in [-0.15, -0.1) is 0 Å². The number of allylic oxidation sites excluding steroid dienone is 4. The van der Waals surface area contributed by atoms with Crippen molar-refractivity contribution in [3.05, 3.63) is 54.4 Å². The maximum atomic E-state index is 11.8. The largest absolute Gasteiger partial charge is 0.402 e. The minimum Gasteiger partial charge on any atom is -0.402 e. The number of nitrogens with two attached hydrogens (primary N) is 1. The number of carbonyl (C=O) groups is 2. The van der Waals surface area contributed by atoms with Crippen LogP contribution in [0, 0.1) is 0 Å². The number of amides is 1. The van der Waals surface area contributed by atoms with Gasteiger partial charge in [-0.25, -0.2) is 0 Å². The Morgan fingerprint density at radius 3 is 2.66 bits per heavy atom. The molecule has 1 aromatic rings. The van der Waals surface area contributed by atoms with E-state index in [0.29, 0.717) is 30.8 Å². The first kappa shape index (κ1) is 26.4. The standard InChI is InChI=1S/C16H21N3O2.C6H16N2/c1-3-4-5-7-13(17)8-6-9-16(21)18-15-11-10-14(12-20)19(15)2;1-4-8(3)6-5-7-2/h3-5,8,10-12H,1,6-7,9,17H2,2H3,(H,18,21);7H,4-6H2,1-3H3/b5-4-,13-8+;. The summed E-state index contributed by atoms with van der Waals surface area (Å²) < 4.78 is 1.63. The van der Waals surface area contributed by atoms with Crippen molar-refractivity contribution in [2.45, 2.75) is 26.2 Å². The van der Waals surface area contributed by atoms with Gasteiger partial charge in [0.1, 0.15) is 5.82 Å². The van der Waals surface area contributed by atoms with Gasteiger partial charge < -0.3 is 25.8 Å². The van der Waals surface area contributed by atoms with Crippen molar-refractivity contribution in [3.8, 4) is 0 Å². The summed E-state index contributed by atoms with van der Waals surface area (Å²) in [6, 6.07) is 3.36. The number of hydrogen-bond donors (Lipinski definition) is 3. The lowest BCUT2D eigenvalue weighted by Crippen LogP contribution is -2.26. The Labute approximate surface area is 175 Å². The van der Waals surface area contributed by atoms with Crippen molar-refractivity contribution in [2.24, 2.45) is 12.8 Å². The van der Waals surface area contributed by atoms with Crippen LogP contribution in [-0.2, 0) is 11.8 Å². The summed E-state index contributed by atoms with van der Waals surface area (Å²) in [5, 5.41) is 5.85. The molecule has 0 aliphatic heterocycles. The van der Waals surface area contributed by atoms with E-state index in [4.69, 9.17) is 5.73 Å². The molecule has 0 aromatic carbocycles. The van der Waals surface area contributed by atoms with E-state index in [-0.39, 0.29) is 5.91 Å². The Hall–Kier alpha value is -2.64. The highest BCUT2D eigenvalue weighted by molar-refractivity contribution is 5.90. The highest BCUT2D eigenvalue weighted by Gasteiger charge is 2.07. The van der Waals surface area contributed by atoms with Gasteiger partial charge in [0.15, 0.2) is 6.29 Å². The zero-order chi connectivity index (χ0) is 22.1. The predicted octanol–water partition coefficient (Wildman–Crippen LogP) is 2.69. The molecule has 0 bridgehead atoms. The molecule has 0 fully saturated rings. The summed E-state index contributed by atoms with van der Waals surface area (Å²) in [6.07, 6.45) is 9.57. The van der Waals surface area contributed by atoms with E-state index in [0.717, 1.165) is 31.6 Å². The molecule has 0 radical (unpaired) electrons. The molecule has 0 aliphatic carbocycles. The molecule has 0 saturated heterocycles. The molecule has 29 heavy (non-hydrogen) atoms. The second-order valence-corrected chi connectivity index (χ2v) is 6.55. The SMILES string of the molecule is C=C/C=C\C/C(N)=C\CCC(=O)Nc1ccc(C=O)n1C.CCN(C)CCNC. The van der Waals surface area contributed by atoms with Gasteiger partial charge in [-0.2, -0.15) is 0 Å². The van der Waals surface area contributed by atoms with Crippen molar-refractivity contribution in [1.29, 1.82) is 0 Å². The molecule has 0 saturated carbocycles. The van der Waals surface area contributed by atoms with Gasteiger partial charge in [0.2, 0.25) is 5.91 Å². The van der Waals surface area contributed by atoms with Crippen LogP contribution in [0.5, 0.6) is 0 Å². The van der Waals surface area contributed by atoms with Crippen LogP contribution in [0.25, 0.3) is 0 Å². The summed E-state index contributed by atoms with van der Waals surface area (Å²) in [5.74, 6) is 0.493.